The van der Waals surface area contributed by atoms with Gasteiger partial charge in [-0.05, 0) is 44.9 Å². The molecular formula is C20H23FN4O3. The van der Waals surface area contributed by atoms with Crippen molar-refractivity contribution >= 4 is 18.0 Å². The monoisotopic (exact) mass is 386 g/mol. The molecule has 8 heteroatoms. The molecule has 1 aromatic carbocycles. The van der Waals surface area contributed by atoms with Gasteiger partial charge in [0.05, 0.1) is 18.0 Å². The first-order chi connectivity index (χ1) is 13.5. The smallest absolute Gasteiger partial charge is 0.329 e. The van der Waals surface area contributed by atoms with Crippen molar-refractivity contribution in [2.24, 2.45) is 5.10 Å². The van der Waals surface area contributed by atoms with E-state index in [4.69, 9.17) is 4.74 Å². The normalized spacial score (nSPS) is 16.5. The van der Waals surface area contributed by atoms with Crippen LogP contribution in [-0.2, 0) is 14.3 Å². The van der Waals surface area contributed by atoms with Crippen molar-refractivity contribution in [3.05, 3.63) is 53.1 Å². The van der Waals surface area contributed by atoms with E-state index in [0.29, 0.717) is 24.4 Å². The molecule has 148 valence electrons. The second-order valence-electron chi connectivity index (χ2n) is 6.66. The number of aromatic nitrogens is 1. The molecule has 0 aliphatic carbocycles. The first-order valence-corrected chi connectivity index (χ1v) is 9.14. The number of hydrogen-bond acceptors (Lipinski definition) is 4. The maximum absolute atomic E-state index is 14.1. The summed E-state index contributed by atoms with van der Waals surface area (Å²) in [6.07, 6.45) is 3.23. The molecule has 0 bridgehead atoms. The highest BCUT2D eigenvalue weighted by atomic mass is 19.1. The largest absolute Gasteiger partial charge is 0.376 e. The van der Waals surface area contributed by atoms with Crippen LogP contribution in [0.1, 0.15) is 29.8 Å². The molecule has 1 aromatic heterocycles. The zero-order valence-corrected chi connectivity index (χ0v) is 15.9. The van der Waals surface area contributed by atoms with Gasteiger partial charge in [0.15, 0.2) is 0 Å². The van der Waals surface area contributed by atoms with Crippen molar-refractivity contribution in [2.45, 2.75) is 32.8 Å². The molecule has 1 saturated heterocycles. The van der Waals surface area contributed by atoms with Gasteiger partial charge in [0, 0.05) is 30.1 Å². The van der Waals surface area contributed by atoms with Crippen LogP contribution in [0.2, 0.25) is 0 Å². The molecule has 7 nitrogen and oxygen atoms in total. The average Bonchev–Trinajstić information content (AvgIpc) is 3.29. The molecule has 0 spiro atoms. The van der Waals surface area contributed by atoms with Crippen molar-refractivity contribution in [1.29, 1.82) is 0 Å². The Bertz CT molecular complexity index is 901. The van der Waals surface area contributed by atoms with E-state index >= 15 is 0 Å². The topological polar surface area (TPSA) is 84.7 Å². The number of hydrogen-bond donors (Lipinski definition) is 2. The van der Waals surface area contributed by atoms with Gasteiger partial charge in [-0.1, -0.05) is 12.1 Å². The van der Waals surface area contributed by atoms with Crippen molar-refractivity contribution in [2.75, 3.05) is 13.2 Å². The summed E-state index contributed by atoms with van der Waals surface area (Å²) in [5.41, 5.74) is 4.95. The number of hydrazone groups is 1. The maximum Gasteiger partial charge on any atom is 0.329 e. The average molecular weight is 386 g/mol. The van der Waals surface area contributed by atoms with Crippen LogP contribution < -0.4 is 10.7 Å². The Morgan fingerprint density at radius 1 is 1.32 bits per heavy atom. The molecule has 1 fully saturated rings. The lowest BCUT2D eigenvalue weighted by atomic mass is 10.2. The summed E-state index contributed by atoms with van der Waals surface area (Å²) >= 11 is 0. The van der Waals surface area contributed by atoms with E-state index in [-0.39, 0.29) is 11.9 Å². The van der Waals surface area contributed by atoms with Gasteiger partial charge in [0.25, 0.3) is 0 Å². The molecule has 3 rings (SSSR count). The molecule has 2 heterocycles. The van der Waals surface area contributed by atoms with Gasteiger partial charge in [0.2, 0.25) is 0 Å². The molecule has 1 atom stereocenters. The zero-order chi connectivity index (χ0) is 20.1. The van der Waals surface area contributed by atoms with Gasteiger partial charge >= 0.3 is 11.8 Å². The molecule has 0 radical (unpaired) electrons. The van der Waals surface area contributed by atoms with Crippen molar-refractivity contribution < 1.29 is 18.7 Å². The number of carbonyl (C=O) groups is 2. The number of aryl methyl sites for hydroxylation is 1. The lowest BCUT2D eigenvalue weighted by Crippen LogP contribution is -2.41. The van der Waals surface area contributed by atoms with Gasteiger partial charge in [-0.25, -0.2) is 9.82 Å². The van der Waals surface area contributed by atoms with Gasteiger partial charge in [-0.15, -0.1) is 0 Å². The number of para-hydroxylation sites is 1. The van der Waals surface area contributed by atoms with E-state index in [1.165, 1.54) is 12.3 Å². The number of amides is 2. The van der Waals surface area contributed by atoms with Crippen LogP contribution in [0.3, 0.4) is 0 Å². The van der Waals surface area contributed by atoms with Crippen LogP contribution in [0.5, 0.6) is 0 Å². The summed E-state index contributed by atoms with van der Waals surface area (Å²) in [6.45, 7) is 4.67. The third-order valence-corrected chi connectivity index (χ3v) is 4.65. The highest BCUT2D eigenvalue weighted by Crippen LogP contribution is 2.21. The van der Waals surface area contributed by atoms with Crippen LogP contribution in [-0.4, -0.2) is 41.9 Å². The summed E-state index contributed by atoms with van der Waals surface area (Å²) in [7, 11) is 0. The number of ether oxygens (including phenoxy) is 1. The second-order valence-corrected chi connectivity index (χ2v) is 6.66. The molecule has 28 heavy (non-hydrogen) atoms. The van der Waals surface area contributed by atoms with E-state index in [1.54, 1.807) is 22.8 Å². The predicted octanol–water partition coefficient (Wildman–Crippen LogP) is 1.98. The van der Waals surface area contributed by atoms with Gasteiger partial charge in [-0.3, -0.25) is 9.59 Å². The fraction of sp³-hybridized carbons (Fsp3) is 0.350. The quantitative estimate of drug-likeness (QED) is 0.468. The number of benzene rings is 1. The second kappa shape index (κ2) is 8.79. The fourth-order valence-electron chi connectivity index (χ4n) is 3.23. The van der Waals surface area contributed by atoms with E-state index in [0.717, 1.165) is 24.2 Å². The van der Waals surface area contributed by atoms with Crippen LogP contribution in [0.4, 0.5) is 4.39 Å². The van der Waals surface area contributed by atoms with Crippen LogP contribution in [0, 0.1) is 19.7 Å². The molecule has 1 aliphatic heterocycles. The van der Waals surface area contributed by atoms with Gasteiger partial charge in [0.1, 0.15) is 5.82 Å². The Morgan fingerprint density at radius 3 is 2.82 bits per heavy atom. The summed E-state index contributed by atoms with van der Waals surface area (Å²) in [4.78, 5) is 23.6. The maximum atomic E-state index is 14.1. The first-order valence-electron chi connectivity index (χ1n) is 9.14. The van der Waals surface area contributed by atoms with Crippen molar-refractivity contribution in [3.63, 3.8) is 0 Å². The molecule has 0 saturated carbocycles. The number of carbonyl (C=O) groups excluding carboxylic acids is 2. The molecule has 1 aliphatic rings. The highest BCUT2D eigenvalue weighted by Gasteiger charge is 2.19. The van der Waals surface area contributed by atoms with E-state index in [9.17, 15) is 14.0 Å². The minimum absolute atomic E-state index is 0.0379. The van der Waals surface area contributed by atoms with Gasteiger partial charge in [-0.2, -0.15) is 5.10 Å². The summed E-state index contributed by atoms with van der Waals surface area (Å²) in [5, 5.41) is 6.38. The SMILES string of the molecule is Cc1cc(C=NNC(=O)C(=O)NCC2CCCO2)c(C)n1-c1ccccc1F. The molecule has 2 N–H and O–H groups in total. The summed E-state index contributed by atoms with van der Waals surface area (Å²) in [6, 6.07) is 8.32. The number of rotatable bonds is 5. The minimum Gasteiger partial charge on any atom is -0.376 e. The van der Waals surface area contributed by atoms with Gasteiger partial charge < -0.3 is 14.6 Å². The molecule has 2 amide bonds. The highest BCUT2D eigenvalue weighted by molar-refractivity contribution is 6.35. The first kappa shape index (κ1) is 19.8. The third-order valence-electron chi connectivity index (χ3n) is 4.65. The zero-order valence-electron chi connectivity index (χ0n) is 15.9. The molecular weight excluding hydrogens is 363 g/mol. The lowest BCUT2D eigenvalue weighted by Gasteiger charge is -2.10. The molecule has 1 unspecified atom stereocenters. The number of nitrogens with one attached hydrogen (secondary N) is 2. The Kier molecular flexibility index (Phi) is 6.20. The lowest BCUT2D eigenvalue weighted by molar-refractivity contribution is -0.139. The Morgan fingerprint density at radius 2 is 2.11 bits per heavy atom. The van der Waals surface area contributed by atoms with E-state index < -0.39 is 11.8 Å². The Labute approximate surface area is 162 Å². The summed E-state index contributed by atoms with van der Waals surface area (Å²) < 4.78 is 21.3. The standard InChI is InChI=1S/C20H23FN4O3/c1-13-10-15(14(2)25(13)18-8-4-3-7-17(18)21)11-23-24-20(27)19(26)22-12-16-6-5-9-28-16/h3-4,7-8,10-11,16H,5-6,9,12H2,1-2H3,(H,22,26)(H,24,27). The van der Waals surface area contributed by atoms with Crippen LogP contribution in [0.25, 0.3) is 5.69 Å². The minimum atomic E-state index is -0.850. The van der Waals surface area contributed by atoms with Crippen LogP contribution >= 0.6 is 0 Å². The van der Waals surface area contributed by atoms with Crippen LogP contribution in [0.15, 0.2) is 35.4 Å². The predicted molar refractivity (Wildman–Crippen MR) is 103 cm³/mol. The van der Waals surface area contributed by atoms with Crippen molar-refractivity contribution in [1.82, 2.24) is 15.3 Å². The summed E-state index contributed by atoms with van der Waals surface area (Å²) in [5.74, 6) is -1.94. The van der Waals surface area contributed by atoms with E-state index in [2.05, 4.69) is 15.8 Å². The number of nitrogens with zero attached hydrogens (tertiary/aromatic N) is 2. The fourth-order valence-corrected chi connectivity index (χ4v) is 3.23. The molecule has 2 aromatic rings. The van der Waals surface area contributed by atoms with E-state index in [1.807, 2.05) is 19.9 Å². The Balaban J connectivity index is 1.61. The third kappa shape index (κ3) is 4.45. The van der Waals surface area contributed by atoms with Crippen molar-refractivity contribution in [3.8, 4) is 5.69 Å². The number of halogens is 1. The Hall–Kier alpha value is -3.00.